The summed E-state index contributed by atoms with van der Waals surface area (Å²) in [6.07, 6.45) is 3.51. The number of nitrogens with zero attached hydrogens (tertiary/aromatic N) is 8. The van der Waals surface area contributed by atoms with E-state index in [0.29, 0.717) is 66.7 Å². The lowest BCUT2D eigenvalue weighted by atomic mass is 9.82. The normalized spacial score (nSPS) is 16.2. The maximum Gasteiger partial charge on any atom is 0.194 e. The van der Waals surface area contributed by atoms with E-state index in [2.05, 4.69) is 52.0 Å². The lowest BCUT2D eigenvalue weighted by molar-refractivity contribution is 0.103. The molecule has 0 spiro atoms. The van der Waals surface area contributed by atoms with Crippen molar-refractivity contribution in [2.45, 2.75) is 38.5 Å². The summed E-state index contributed by atoms with van der Waals surface area (Å²) in [5, 5.41) is 39.6. The fourth-order valence-electron chi connectivity index (χ4n) is 12.5. The van der Waals surface area contributed by atoms with Gasteiger partial charge in [0.2, 0.25) is 0 Å². The van der Waals surface area contributed by atoms with Crippen molar-refractivity contribution in [1.29, 1.82) is 21.0 Å². The Kier molecular flexibility index (Phi) is 9.94. The molecule has 0 saturated carbocycles. The number of carbonyl (C=O) groups excluding carboxylic acids is 2. The Hall–Kier alpha value is -8.24. The molecule has 0 saturated heterocycles. The van der Waals surface area contributed by atoms with Crippen molar-refractivity contribution in [1.82, 2.24) is 17.5 Å². The summed E-state index contributed by atoms with van der Waals surface area (Å²) in [5.74, 6) is -0.462. The van der Waals surface area contributed by atoms with Gasteiger partial charge in [-0.3, -0.25) is 9.59 Å². The van der Waals surface area contributed by atoms with Gasteiger partial charge in [0.05, 0.1) is 61.8 Å². The highest BCUT2D eigenvalue weighted by Gasteiger charge is 2.48. The molecule has 0 amide bonds. The minimum atomic E-state index is -0.246. The summed E-state index contributed by atoms with van der Waals surface area (Å²) in [6.45, 7) is 9.55. The van der Waals surface area contributed by atoms with Crippen LogP contribution in [0.4, 0.5) is 0 Å². The molecule has 4 aliphatic carbocycles. The number of hydrogen-bond donors (Lipinski definition) is 0. The predicted molar refractivity (Wildman–Crippen MR) is 328 cm³/mol. The van der Waals surface area contributed by atoms with Crippen LogP contribution in [0.1, 0.15) is 92.9 Å². The Balaban J connectivity index is 0.736. The molecule has 0 radical (unpaired) electrons. The minimum absolute atomic E-state index is 0.105. The topological polar surface area (TPSA) is 181 Å². The lowest BCUT2D eigenvalue weighted by Crippen LogP contribution is -2.15. The highest BCUT2D eigenvalue weighted by atomic mass is 32.1. The average molecular weight is 1170 g/mol. The van der Waals surface area contributed by atoms with E-state index in [1.54, 1.807) is 83.4 Å². The van der Waals surface area contributed by atoms with Crippen molar-refractivity contribution in [3.05, 3.63) is 163 Å². The van der Waals surface area contributed by atoms with Crippen molar-refractivity contribution in [2.24, 2.45) is 0 Å². The molecule has 0 bridgehead atoms. The zero-order valence-electron chi connectivity index (χ0n) is 41.9. The Morgan fingerprint density at radius 3 is 1.20 bits per heavy atom. The Labute approximate surface area is 486 Å². The van der Waals surface area contributed by atoms with E-state index in [-0.39, 0.29) is 33.5 Å². The monoisotopic (exact) mass is 1170 g/mol. The molecule has 0 N–H and O–H groups in total. The van der Waals surface area contributed by atoms with Gasteiger partial charge in [0.1, 0.15) is 57.5 Å². The summed E-state index contributed by atoms with van der Waals surface area (Å²) in [6, 6.07) is 34.8. The number of hydrogen-bond acceptors (Lipinski definition) is 18. The van der Waals surface area contributed by atoms with Crippen LogP contribution in [-0.2, 0) is 10.8 Å². The van der Waals surface area contributed by atoms with Crippen LogP contribution in [0.15, 0.2) is 107 Å². The Bertz CT molecular complexity index is 4940. The summed E-state index contributed by atoms with van der Waals surface area (Å²) < 4.78 is 26.9. The van der Waals surface area contributed by atoms with E-state index in [9.17, 15) is 30.6 Å². The van der Waals surface area contributed by atoms with Crippen LogP contribution in [0.3, 0.4) is 0 Å². The summed E-state index contributed by atoms with van der Waals surface area (Å²) in [5.41, 5.74) is 14.5. The molecule has 80 heavy (non-hydrogen) atoms. The molecular weight excluding hydrogens is 1150 g/mol. The first-order valence-electron chi connectivity index (χ1n) is 24.9. The molecule has 376 valence electrons. The summed E-state index contributed by atoms with van der Waals surface area (Å²) >= 11 is 13.5. The van der Waals surface area contributed by atoms with Gasteiger partial charge in [-0.1, -0.05) is 100 Å². The van der Waals surface area contributed by atoms with Crippen LogP contribution in [0.5, 0.6) is 0 Å². The molecule has 10 nitrogen and oxygen atoms in total. The Morgan fingerprint density at radius 1 is 0.438 bits per heavy atom. The van der Waals surface area contributed by atoms with Gasteiger partial charge < -0.3 is 0 Å². The van der Waals surface area contributed by atoms with Crippen LogP contribution < -0.4 is 0 Å². The molecule has 0 unspecified atom stereocenters. The highest BCUT2D eigenvalue weighted by molar-refractivity contribution is 7.38. The molecule has 18 heteroatoms. The zero-order valence-corrected chi connectivity index (χ0v) is 48.4. The van der Waals surface area contributed by atoms with E-state index in [1.807, 2.05) is 81.8 Å². The lowest BCUT2D eigenvalue weighted by Gasteiger charge is -2.21. The standard InChI is InChI=1S/C62H28N8O2S8/c1-61(2)43-53-39(19-37(73-53)33-15-13-25(47-49(33)69-79-67-47)17-35-41(27(21-63)22-64)29-9-5-7-11-31(29)51(35)71)75-55(43)57-45(61)59-60(77-57)46-58(78-59)56-44(62(46,3)4)54-40(76-56)20-38(74-54)34-16-14-26(48-50(34)70-80-68-48)18-36-42(28(23-65)24-66)30-10-6-8-12-32(30)52(36)72/h5-20H,1-4H3. The van der Waals surface area contributed by atoms with Gasteiger partial charge >= 0.3 is 0 Å². The van der Waals surface area contributed by atoms with Crippen LogP contribution in [0.25, 0.3) is 114 Å². The van der Waals surface area contributed by atoms with Gasteiger partial charge in [0.15, 0.2) is 11.6 Å². The van der Waals surface area contributed by atoms with Gasteiger partial charge in [-0.15, -0.1) is 68.0 Å². The van der Waals surface area contributed by atoms with Crippen LogP contribution >= 0.6 is 91.5 Å². The van der Waals surface area contributed by atoms with E-state index >= 15 is 0 Å². The number of nitriles is 4. The molecule has 0 aliphatic heterocycles. The number of carbonyl (C=O) groups is 2. The van der Waals surface area contributed by atoms with Crippen LogP contribution in [-0.4, -0.2) is 29.1 Å². The minimum Gasteiger partial charge on any atom is -0.289 e. The average Bonchev–Trinajstić information content (AvgIpc) is 2.39. The van der Waals surface area contributed by atoms with Crippen LogP contribution in [0.2, 0.25) is 0 Å². The van der Waals surface area contributed by atoms with Gasteiger partial charge in [-0.2, -0.15) is 38.5 Å². The van der Waals surface area contributed by atoms with Crippen molar-refractivity contribution in [2.75, 3.05) is 0 Å². The van der Waals surface area contributed by atoms with E-state index in [0.717, 1.165) is 55.4 Å². The Morgan fingerprint density at radius 2 is 0.800 bits per heavy atom. The van der Waals surface area contributed by atoms with Crippen molar-refractivity contribution in [3.63, 3.8) is 0 Å². The molecule has 4 aromatic carbocycles. The second-order valence-corrected chi connectivity index (χ2v) is 28.2. The third kappa shape index (κ3) is 6.14. The maximum atomic E-state index is 13.8. The zero-order chi connectivity index (χ0) is 54.4. The number of ketones is 2. The van der Waals surface area contributed by atoms with Gasteiger partial charge in [0, 0.05) is 85.7 Å². The second-order valence-electron chi connectivity index (χ2n) is 20.9. The van der Waals surface area contributed by atoms with E-state index < -0.39 is 0 Å². The van der Waals surface area contributed by atoms with Crippen LogP contribution in [0, 0.1) is 45.3 Å². The molecule has 0 fully saturated rings. The first-order chi connectivity index (χ1) is 38.8. The summed E-state index contributed by atoms with van der Waals surface area (Å²) in [4.78, 5) is 35.2. The van der Waals surface area contributed by atoms with E-state index in [1.165, 1.54) is 70.0 Å². The fourth-order valence-corrected chi connectivity index (χ4v) is 23.5. The van der Waals surface area contributed by atoms with Gasteiger partial charge in [-0.25, -0.2) is 0 Å². The second kappa shape index (κ2) is 16.7. The molecule has 12 aromatic rings. The number of rotatable bonds is 4. The molecule has 0 atom stereocenters. The third-order valence-electron chi connectivity index (χ3n) is 16.0. The van der Waals surface area contributed by atoms with Crippen molar-refractivity contribution < 1.29 is 9.59 Å². The first kappa shape index (κ1) is 47.7. The number of allylic oxidation sites excluding steroid dienone is 6. The quantitative estimate of drug-likeness (QED) is 0.121. The SMILES string of the molecule is CC1(C)c2c(sc3cc(-c4ccc(C=C5C(=O)c6ccccc6C5=C(C#N)C#N)c5nsnc45)sc23)-c2sc3c4c(sc3c21)-c1sc2cc(-c3ccc(C=C5C(=O)c6ccccc6C5=C(C#N)C#N)c5nsnc35)sc2c1C4(C)C. The number of aromatic nitrogens is 4. The summed E-state index contributed by atoms with van der Waals surface area (Å²) in [7, 11) is 0. The first-order valence-corrected chi connectivity index (χ1v) is 31.3. The molecule has 16 rings (SSSR count). The smallest absolute Gasteiger partial charge is 0.194 e. The van der Waals surface area contributed by atoms with Gasteiger partial charge in [-0.05, 0) is 57.7 Å². The molecule has 8 aromatic heterocycles. The number of thiophene rings is 6. The molecule has 4 aliphatic rings. The number of benzene rings is 4. The fraction of sp³-hybridized carbons (Fsp3) is 0.0968. The van der Waals surface area contributed by atoms with Crippen molar-refractivity contribution in [3.8, 4) is 64.7 Å². The number of fused-ring (bicyclic) bond motifs is 17. The molecule has 8 heterocycles. The number of Topliss-reactive ketones (excluding diaryl/α,β-unsaturated/α-hetero) is 2. The largest absolute Gasteiger partial charge is 0.289 e. The maximum absolute atomic E-state index is 13.8. The third-order valence-corrected chi connectivity index (χ3v) is 24.9. The van der Waals surface area contributed by atoms with Crippen molar-refractivity contribution >= 4 is 177 Å². The predicted octanol–water partition coefficient (Wildman–Crippen LogP) is 17.6. The van der Waals surface area contributed by atoms with Gasteiger partial charge in [0.25, 0.3) is 0 Å². The van der Waals surface area contributed by atoms with E-state index in [4.69, 9.17) is 17.5 Å². The molecular formula is C62H28N8O2S8. The highest BCUT2D eigenvalue weighted by Crippen LogP contribution is 2.68.